The summed E-state index contributed by atoms with van der Waals surface area (Å²) in [6.45, 7) is 0.120. The lowest BCUT2D eigenvalue weighted by molar-refractivity contribution is 0.299. The van der Waals surface area contributed by atoms with Crippen LogP contribution in [-0.2, 0) is 6.42 Å². The van der Waals surface area contributed by atoms with Crippen LogP contribution >= 0.6 is 0 Å². The molecule has 2 aromatic carbocycles. The Morgan fingerprint density at radius 3 is 2.11 bits per heavy atom. The highest BCUT2D eigenvalue weighted by atomic mass is 16.5. The Hall–Kier alpha value is -2.00. The topological polar surface area (TPSA) is 38.7 Å². The molecule has 3 nitrogen and oxygen atoms in total. The zero-order chi connectivity index (χ0) is 13.7. The lowest BCUT2D eigenvalue weighted by atomic mass is 9.96. The lowest BCUT2D eigenvalue weighted by Gasteiger charge is -2.16. The molecule has 2 aromatic rings. The summed E-state index contributed by atoms with van der Waals surface area (Å²) in [6.07, 6.45) is 0.609. The summed E-state index contributed by atoms with van der Waals surface area (Å²) in [7, 11) is 3.29. The maximum absolute atomic E-state index is 9.18. The van der Waals surface area contributed by atoms with Crippen molar-refractivity contribution in [3.8, 4) is 22.6 Å². The van der Waals surface area contributed by atoms with E-state index in [-0.39, 0.29) is 6.61 Å². The van der Waals surface area contributed by atoms with Crippen LogP contribution in [-0.4, -0.2) is 25.9 Å². The first-order valence-corrected chi connectivity index (χ1v) is 6.22. The van der Waals surface area contributed by atoms with Gasteiger partial charge in [-0.2, -0.15) is 0 Å². The average Bonchev–Trinajstić information content (AvgIpc) is 2.47. The van der Waals surface area contributed by atoms with Crippen LogP contribution in [0.5, 0.6) is 11.5 Å². The predicted octanol–water partition coefficient (Wildman–Crippen LogP) is 2.91. The predicted molar refractivity (Wildman–Crippen MR) is 75.8 cm³/mol. The summed E-state index contributed by atoms with van der Waals surface area (Å²) < 4.78 is 10.9. The fourth-order valence-electron chi connectivity index (χ4n) is 2.22. The molecule has 0 aliphatic carbocycles. The summed E-state index contributed by atoms with van der Waals surface area (Å²) in [4.78, 5) is 0. The van der Waals surface area contributed by atoms with Crippen molar-refractivity contribution in [3.63, 3.8) is 0 Å². The zero-order valence-electron chi connectivity index (χ0n) is 11.2. The molecule has 2 rings (SSSR count). The molecule has 0 radical (unpaired) electrons. The number of hydrogen-bond acceptors (Lipinski definition) is 3. The largest absolute Gasteiger partial charge is 0.496 e. The van der Waals surface area contributed by atoms with Gasteiger partial charge in [-0.15, -0.1) is 0 Å². The molecule has 0 atom stereocenters. The molecule has 0 saturated carbocycles. The average molecular weight is 258 g/mol. The molecule has 0 aliphatic heterocycles. The smallest absolute Gasteiger partial charge is 0.130 e. The van der Waals surface area contributed by atoms with Crippen molar-refractivity contribution in [1.29, 1.82) is 0 Å². The fraction of sp³-hybridized carbons (Fsp3) is 0.250. The van der Waals surface area contributed by atoms with Crippen molar-refractivity contribution in [2.75, 3.05) is 20.8 Å². The monoisotopic (exact) mass is 258 g/mol. The second-order valence-corrected chi connectivity index (χ2v) is 4.17. The number of rotatable bonds is 5. The maximum Gasteiger partial charge on any atom is 0.130 e. The molecular formula is C16H18O3. The van der Waals surface area contributed by atoms with E-state index in [1.807, 2.05) is 42.5 Å². The number of ether oxygens (including phenoxy) is 2. The molecule has 0 amide bonds. The van der Waals surface area contributed by atoms with Gasteiger partial charge >= 0.3 is 0 Å². The Morgan fingerprint density at radius 2 is 1.53 bits per heavy atom. The van der Waals surface area contributed by atoms with E-state index in [0.717, 1.165) is 28.2 Å². The highest BCUT2D eigenvalue weighted by Crippen LogP contribution is 2.39. The van der Waals surface area contributed by atoms with Gasteiger partial charge in [0.15, 0.2) is 0 Å². The molecule has 3 heteroatoms. The van der Waals surface area contributed by atoms with Crippen LogP contribution in [0.1, 0.15) is 5.56 Å². The van der Waals surface area contributed by atoms with Crippen LogP contribution in [0.4, 0.5) is 0 Å². The van der Waals surface area contributed by atoms with Crippen molar-refractivity contribution >= 4 is 0 Å². The highest BCUT2D eigenvalue weighted by Gasteiger charge is 2.14. The highest BCUT2D eigenvalue weighted by molar-refractivity contribution is 5.79. The first-order chi connectivity index (χ1) is 9.31. The van der Waals surface area contributed by atoms with Crippen LogP contribution in [0.25, 0.3) is 11.1 Å². The number of aliphatic hydroxyl groups excluding tert-OH is 1. The molecule has 0 aliphatic rings. The molecule has 0 heterocycles. The van der Waals surface area contributed by atoms with E-state index in [9.17, 15) is 5.11 Å². The van der Waals surface area contributed by atoms with Crippen molar-refractivity contribution in [1.82, 2.24) is 0 Å². The third-order valence-electron chi connectivity index (χ3n) is 3.10. The molecule has 1 N–H and O–H groups in total. The Bertz CT molecular complexity index is 527. The van der Waals surface area contributed by atoms with Crippen LogP contribution < -0.4 is 9.47 Å². The lowest BCUT2D eigenvalue weighted by Crippen LogP contribution is -1.98. The second-order valence-electron chi connectivity index (χ2n) is 4.17. The minimum absolute atomic E-state index is 0.120. The van der Waals surface area contributed by atoms with Gasteiger partial charge in [-0.3, -0.25) is 0 Å². The molecule has 0 unspecified atom stereocenters. The number of methoxy groups -OCH3 is 2. The van der Waals surface area contributed by atoms with Gasteiger partial charge in [0.1, 0.15) is 11.5 Å². The Balaban J connectivity index is 2.63. The first-order valence-electron chi connectivity index (χ1n) is 6.22. The van der Waals surface area contributed by atoms with E-state index in [0.29, 0.717) is 6.42 Å². The van der Waals surface area contributed by atoms with Crippen LogP contribution in [0, 0.1) is 0 Å². The molecule has 100 valence electrons. The van der Waals surface area contributed by atoms with Gasteiger partial charge < -0.3 is 14.6 Å². The summed E-state index contributed by atoms with van der Waals surface area (Å²) >= 11 is 0. The van der Waals surface area contributed by atoms with Gasteiger partial charge in [-0.05, 0) is 29.7 Å². The minimum Gasteiger partial charge on any atom is -0.496 e. The van der Waals surface area contributed by atoms with Gasteiger partial charge in [-0.1, -0.05) is 30.3 Å². The van der Waals surface area contributed by atoms with Crippen LogP contribution in [0.3, 0.4) is 0 Å². The van der Waals surface area contributed by atoms with Gasteiger partial charge in [0.25, 0.3) is 0 Å². The minimum atomic E-state index is 0.120. The first kappa shape index (κ1) is 13.4. The van der Waals surface area contributed by atoms with Gasteiger partial charge in [0, 0.05) is 6.61 Å². The molecule has 0 fully saturated rings. The van der Waals surface area contributed by atoms with Gasteiger partial charge in [0.05, 0.1) is 19.8 Å². The van der Waals surface area contributed by atoms with Crippen molar-refractivity contribution in [3.05, 3.63) is 48.0 Å². The Labute approximate surface area is 113 Å². The molecule has 0 bridgehead atoms. The zero-order valence-corrected chi connectivity index (χ0v) is 11.2. The Morgan fingerprint density at radius 1 is 0.895 bits per heavy atom. The quantitative estimate of drug-likeness (QED) is 0.896. The SMILES string of the molecule is COc1cccc(OC)c1-c1ccccc1CCO. The van der Waals surface area contributed by atoms with E-state index in [2.05, 4.69) is 0 Å². The molecular weight excluding hydrogens is 240 g/mol. The van der Waals surface area contributed by atoms with Crippen LogP contribution in [0.2, 0.25) is 0 Å². The second kappa shape index (κ2) is 6.25. The fourth-order valence-corrected chi connectivity index (χ4v) is 2.22. The normalized spacial score (nSPS) is 10.3. The number of hydrogen-bond donors (Lipinski definition) is 1. The third-order valence-corrected chi connectivity index (χ3v) is 3.10. The van der Waals surface area contributed by atoms with E-state index in [1.54, 1.807) is 14.2 Å². The number of benzene rings is 2. The molecule has 0 aromatic heterocycles. The summed E-state index contributed by atoms with van der Waals surface area (Å²) in [5.41, 5.74) is 3.04. The van der Waals surface area contributed by atoms with E-state index in [4.69, 9.17) is 9.47 Å². The van der Waals surface area contributed by atoms with E-state index in [1.165, 1.54) is 0 Å². The summed E-state index contributed by atoms with van der Waals surface area (Å²) in [5, 5.41) is 9.18. The molecule has 19 heavy (non-hydrogen) atoms. The third kappa shape index (κ3) is 2.71. The van der Waals surface area contributed by atoms with Gasteiger partial charge in [-0.25, -0.2) is 0 Å². The van der Waals surface area contributed by atoms with E-state index >= 15 is 0 Å². The standard InChI is InChI=1S/C16H18O3/c1-18-14-8-5-9-15(19-2)16(14)13-7-4-3-6-12(13)10-11-17/h3-9,17H,10-11H2,1-2H3. The summed E-state index contributed by atoms with van der Waals surface area (Å²) in [6, 6.07) is 13.7. The summed E-state index contributed by atoms with van der Waals surface area (Å²) in [5.74, 6) is 1.54. The molecule has 0 spiro atoms. The van der Waals surface area contributed by atoms with Crippen molar-refractivity contribution in [2.45, 2.75) is 6.42 Å². The maximum atomic E-state index is 9.18. The van der Waals surface area contributed by atoms with Gasteiger partial charge in [0.2, 0.25) is 0 Å². The van der Waals surface area contributed by atoms with E-state index < -0.39 is 0 Å². The van der Waals surface area contributed by atoms with Crippen LogP contribution in [0.15, 0.2) is 42.5 Å². The van der Waals surface area contributed by atoms with Crippen molar-refractivity contribution in [2.24, 2.45) is 0 Å². The molecule has 0 saturated heterocycles. The number of aliphatic hydroxyl groups is 1. The van der Waals surface area contributed by atoms with Crippen molar-refractivity contribution < 1.29 is 14.6 Å². The Kier molecular flexibility index (Phi) is 4.42.